The summed E-state index contributed by atoms with van der Waals surface area (Å²) in [6, 6.07) is 11.0. The van der Waals surface area contributed by atoms with Crippen molar-refractivity contribution in [3.05, 3.63) is 35.9 Å². The number of carbonyl (C=O) groups is 1. The lowest BCUT2D eigenvalue weighted by atomic mass is 9.86. The summed E-state index contributed by atoms with van der Waals surface area (Å²) in [6.45, 7) is 7.90. The first-order chi connectivity index (χ1) is 11.7. The second-order valence-corrected chi connectivity index (χ2v) is 7.47. The third-order valence-electron chi connectivity index (χ3n) is 5.54. The lowest BCUT2D eigenvalue weighted by Crippen LogP contribution is -2.51. The minimum atomic E-state index is 0.213. The van der Waals surface area contributed by atoms with Crippen molar-refractivity contribution in [1.29, 1.82) is 0 Å². The molecule has 1 aliphatic heterocycles. The van der Waals surface area contributed by atoms with E-state index in [9.17, 15) is 4.79 Å². The summed E-state index contributed by atoms with van der Waals surface area (Å²) in [4.78, 5) is 17.1. The number of benzene rings is 1. The maximum Gasteiger partial charge on any atom is 0.234 e. The standard InChI is InChI=1S/C20H31N3O/c1-17-7-5-6-10-19(17)21-20(24)16-23-13-11-22(12-14-23)15-18-8-3-2-4-9-18/h2-4,8-9,17,19H,5-7,10-16H2,1H3,(H,21,24)/t17-,19+/m1/s1. The lowest BCUT2D eigenvalue weighted by molar-refractivity contribution is -0.124. The van der Waals surface area contributed by atoms with Crippen molar-refractivity contribution in [3.63, 3.8) is 0 Å². The van der Waals surface area contributed by atoms with Crippen molar-refractivity contribution in [2.45, 2.75) is 45.2 Å². The van der Waals surface area contributed by atoms with Gasteiger partial charge in [0, 0.05) is 38.8 Å². The highest BCUT2D eigenvalue weighted by atomic mass is 16.2. The maximum atomic E-state index is 12.3. The van der Waals surface area contributed by atoms with Crippen LogP contribution in [0.3, 0.4) is 0 Å². The average Bonchev–Trinajstić information content (AvgIpc) is 2.60. The average molecular weight is 329 g/mol. The number of carbonyl (C=O) groups excluding carboxylic acids is 1. The summed E-state index contributed by atoms with van der Waals surface area (Å²) in [5, 5.41) is 3.27. The molecule has 0 bridgehead atoms. The Bertz CT molecular complexity index is 511. The highest BCUT2D eigenvalue weighted by Gasteiger charge is 2.24. The predicted molar refractivity (Wildman–Crippen MR) is 97.7 cm³/mol. The molecule has 1 aromatic carbocycles. The SMILES string of the molecule is C[C@@H]1CCCC[C@@H]1NC(=O)CN1CCN(Cc2ccccc2)CC1. The Morgan fingerprint density at radius 3 is 2.42 bits per heavy atom. The Morgan fingerprint density at radius 1 is 1.04 bits per heavy atom. The van der Waals surface area contributed by atoms with Gasteiger partial charge in [0.1, 0.15) is 0 Å². The van der Waals surface area contributed by atoms with Gasteiger partial charge in [0.15, 0.2) is 0 Å². The number of piperazine rings is 1. The van der Waals surface area contributed by atoms with Crippen LogP contribution < -0.4 is 5.32 Å². The summed E-state index contributed by atoms with van der Waals surface area (Å²) >= 11 is 0. The van der Waals surface area contributed by atoms with Gasteiger partial charge in [0.05, 0.1) is 6.54 Å². The highest BCUT2D eigenvalue weighted by molar-refractivity contribution is 5.78. The molecule has 1 N–H and O–H groups in total. The van der Waals surface area contributed by atoms with E-state index in [1.54, 1.807) is 0 Å². The Balaban J connectivity index is 1.38. The van der Waals surface area contributed by atoms with Crippen LogP contribution in [-0.4, -0.2) is 54.5 Å². The Morgan fingerprint density at radius 2 is 1.71 bits per heavy atom. The van der Waals surface area contributed by atoms with Crippen molar-refractivity contribution in [3.8, 4) is 0 Å². The van der Waals surface area contributed by atoms with E-state index < -0.39 is 0 Å². The molecule has 1 saturated carbocycles. The van der Waals surface area contributed by atoms with Gasteiger partial charge in [-0.2, -0.15) is 0 Å². The van der Waals surface area contributed by atoms with E-state index in [1.807, 2.05) is 0 Å². The van der Waals surface area contributed by atoms with Crippen LogP contribution in [0.5, 0.6) is 0 Å². The molecule has 132 valence electrons. The topological polar surface area (TPSA) is 35.6 Å². The molecule has 1 aromatic rings. The van der Waals surface area contributed by atoms with E-state index in [4.69, 9.17) is 0 Å². The van der Waals surface area contributed by atoms with Gasteiger partial charge < -0.3 is 5.32 Å². The number of amides is 1. The van der Waals surface area contributed by atoms with Crippen molar-refractivity contribution < 1.29 is 4.79 Å². The molecule has 1 heterocycles. The van der Waals surface area contributed by atoms with Gasteiger partial charge in [-0.15, -0.1) is 0 Å². The lowest BCUT2D eigenvalue weighted by Gasteiger charge is -2.35. The van der Waals surface area contributed by atoms with Crippen LogP contribution in [0.4, 0.5) is 0 Å². The van der Waals surface area contributed by atoms with Crippen LogP contribution in [0, 0.1) is 5.92 Å². The molecule has 4 nitrogen and oxygen atoms in total. The normalized spacial score (nSPS) is 26.2. The third-order valence-corrected chi connectivity index (χ3v) is 5.54. The first-order valence-electron chi connectivity index (χ1n) is 9.49. The predicted octanol–water partition coefficient (Wildman–Crippen LogP) is 2.50. The van der Waals surface area contributed by atoms with Crippen LogP contribution in [0.1, 0.15) is 38.2 Å². The van der Waals surface area contributed by atoms with E-state index in [-0.39, 0.29) is 5.91 Å². The van der Waals surface area contributed by atoms with Crippen molar-refractivity contribution in [2.75, 3.05) is 32.7 Å². The summed E-state index contributed by atoms with van der Waals surface area (Å²) in [5.41, 5.74) is 1.37. The zero-order chi connectivity index (χ0) is 16.8. The fourth-order valence-electron chi connectivity index (χ4n) is 3.93. The Hall–Kier alpha value is -1.39. The molecule has 1 saturated heterocycles. The quantitative estimate of drug-likeness (QED) is 0.901. The second-order valence-electron chi connectivity index (χ2n) is 7.47. The number of hydrogen-bond donors (Lipinski definition) is 1. The van der Waals surface area contributed by atoms with Gasteiger partial charge in [-0.25, -0.2) is 0 Å². The van der Waals surface area contributed by atoms with Crippen LogP contribution in [0.15, 0.2) is 30.3 Å². The van der Waals surface area contributed by atoms with Gasteiger partial charge in [0.2, 0.25) is 5.91 Å². The molecule has 0 radical (unpaired) electrons. The van der Waals surface area contributed by atoms with Crippen LogP contribution in [0.25, 0.3) is 0 Å². The Labute approximate surface area is 146 Å². The number of rotatable bonds is 5. The van der Waals surface area contributed by atoms with E-state index in [2.05, 4.69) is 52.4 Å². The van der Waals surface area contributed by atoms with Gasteiger partial charge in [-0.3, -0.25) is 14.6 Å². The smallest absolute Gasteiger partial charge is 0.234 e. The molecular weight excluding hydrogens is 298 g/mol. The number of nitrogens with zero attached hydrogens (tertiary/aromatic N) is 2. The van der Waals surface area contributed by atoms with E-state index >= 15 is 0 Å². The summed E-state index contributed by atoms with van der Waals surface area (Å²) in [5.74, 6) is 0.843. The fraction of sp³-hybridized carbons (Fsp3) is 0.650. The summed E-state index contributed by atoms with van der Waals surface area (Å²) in [6.07, 6.45) is 4.98. The largest absolute Gasteiger partial charge is 0.352 e. The van der Waals surface area contributed by atoms with E-state index in [1.165, 1.54) is 24.8 Å². The molecule has 4 heteroatoms. The van der Waals surface area contributed by atoms with Crippen LogP contribution in [-0.2, 0) is 11.3 Å². The zero-order valence-corrected chi connectivity index (χ0v) is 14.9. The van der Waals surface area contributed by atoms with Crippen molar-refractivity contribution >= 4 is 5.91 Å². The molecule has 2 fully saturated rings. The Kier molecular flexibility index (Phi) is 6.27. The van der Waals surface area contributed by atoms with Crippen molar-refractivity contribution in [1.82, 2.24) is 15.1 Å². The van der Waals surface area contributed by atoms with Gasteiger partial charge in [-0.05, 0) is 24.3 Å². The van der Waals surface area contributed by atoms with Gasteiger partial charge >= 0.3 is 0 Å². The molecular formula is C20H31N3O. The number of nitrogens with one attached hydrogen (secondary N) is 1. The zero-order valence-electron chi connectivity index (χ0n) is 14.9. The summed E-state index contributed by atoms with van der Waals surface area (Å²) < 4.78 is 0. The minimum Gasteiger partial charge on any atom is -0.352 e. The molecule has 2 aliphatic rings. The molecule has 0 spiro atoms. The highest BCUT2D eigenvalue weighted by Crippen LogP contribution is 2.23. The first-order valence-corrected chi connectivity index (χ1v) is 9.49. The van der Waals surface area contributed by atoms with Crippen LogP contribution in [0.2, 0.25) is 0 Å². The van der Waals surface area contributed by atoms with Gasteiger partial charge in [0.25, 0.3) is 0 Å². The molecule has 3 rings (SSSR count). The molecule has 0 unspecified atom stereocenters. The van der Waals surface area contributed by atoms with Crippen molar-refractivity contribution in [2.24, 2.45) is 5.92 Å². The maximum absolute atomic E-state index is 12.3. The number of hydrogen-bond acceptors (Lipinski definition) is 3. The first kappa shape index (κ1) is 17.4. The fourth-order valence-corrected chi connectivity index (χ4v) is 3.93. The molecule has 24 heavy (non-hydrogen) atoms. The van der Waals surface area contributed by atoms with Gasteiger partial charge in [-0.1, -0.05) is 50.1 Å². The minimum absolute atomic E-state index is 0.213. The monoisotopic (exact) mass is 329 g/mol. The molecule has 1 aliphatic carbocycles. The van der Waals surface area contributed by atoms with E-state index in [0.29, 0.717) is 18.5 Å². The summed E-state index contributed by atoms with van der Waals surface area (Å²) in [7, 11) is 0. The molecule has 1 amide bonds. The van der Waals surface area contributed by atoms with Crippen LogP contribution >= 0.6 is 0 Å². The third kappa shape index (κ3) is 5.05. The second kappa shape index (κ2) is 8.63. The van der Waals surface area contributed by atoms with E-state index in [0.717, 1.165) is 39.1 Å². The molecule has 2 atom stereocenters. The molecule has 0 aromatic heterocycles.